The van der Waals surface area contributed by atoms with Gasteiger partial charge in [-0.15, -0.1) is 0 Å². The highest BCUT2D eigenvalue weighted by Gasteiger charge is 2.22. The molecule has 0 aliphatic carbocycles. The first-order chi connectivity index (χ1) is 8.15. The zero-order valence-corrected chi connectivity index (χ0v) is 12.0. The summed E-state index contributed by atoms with van der Waals surface area (Å²) in [4.78, 5) is 2.54. The van der Waals surface area contributed by atoms with E-state index in [1.807, 2.05) is 0 Å². The van der Waals surface area contributed by atoms with Gasteiger partial charge in [0.15, 0.2) is 0 Å². The molecule has 0 spiro atoms. The normalized spacial score (nSPS) is 20.1. The van der Waals surface area contributed by atoms with Crippen LogP contribution in [0.2, 0.25) is 0 Å². The summed E-state index contributed by atoms with van der Waals surface area (Å²) < 4.78 is 5.42. The number of hydrogen-bond acceptors (Lipinski definition) is 3. The van der Waals surface area contributed by atoms with E-state index >= 15 is 0 Å². The molecule has 1 rings (SSSR count). The second-order valence-electron chi connectivity index (χ2n) is 5.61. The van der Waals surface area contributed by atoms with Crippen molar-refractivity contribution in [1.82, 2.24) is 10.2 Å². The number of likely N-dealkylation sites (N-methyl/N-ethyl adjacent to an activating group) is 2. The lowest BCUT2D eigenvalue weighted by Gasteiger charge is -2.35. The highest BCUT2D eigenvalue weighted by atomic mass is 16.5. The molecule has 0 bridgehead atoms. The van der Waals surface area contributed by atoms with E-state index in [4.69, 9.17) is 4.74 Å². The molecule has 0 saturated carbocycles. The zero-order valence-electron chi connectivity index (χ0n) is 12.0. The second-order valence-corrected chi connectivity index (χ2v) is 5.61. The quantitative estimate of drug-likeness (QED) is 0.739. The molecule has 3 heteroatoms. The third kappa shape index (κ3) is 5.36. The lowest BCUT2D eigenvalue weighted by Crippen LogP contribution is -2.46. The van der Waals surface area contributed by atoms with Crippen LogP contribution in [0, 0.1) is 11.8 Å². The fourth-order valence-corrected chi connectivity index (χ4v) is 2.66. The van der Waals surface area contributed by atoms with Crippen LogP contribution in [0.25, 0.3) is 0 Å². The van der Waals surface area contributed by atoms with Gasteiger partial charge in [0.25, 0.3) is 0 Å². The molecule has 0 aromatic rings. The molecular formula is C14H30N2O. The number of hydrogen-bond donors (Lipinski definition) is 1. The van der Waals surface area contributed by atoms with Crippen molar-refractivity contribution in [3.05, 3.63) is 0 Å². The average Bonchev–Trinajstić information content (AvgIpc) is 2.30. The van der Waals surface area contributed by atoms with Gasteiger partial charge in [0.1, 0.15) is 0 Å². The molecule has 1 heterocycles. The summed E-state index contributed by atoms with van der Waals surface area (Å²) in [6, 6.07) is 0.651. The lowest BCUT2D eigenvalue weighted by atomic mass is 9.96. The summed E-state index contributed by atoms with van der Waals surface area (Å²) in [5, 5.41) is 3.48. The predicted octanol–water partition coefficient (Wildman–Crippen LogP) is 1.98. The van der Waals surface area contributed by atoms with Crippen LogP contribution >= 0.6 is 0 Å². The molecule has 102 valence electrons. The van der Waals surface area contributed by atoms with Gasteiger partial charge in [0, 0.05) is 32.3 Å². The maximum atomic E-state index is 5.42. The number of ether oxygens (including phenoxy) is 1. The molecular weight excluding hydrogens is 212 g/mol. The van der Waals surface area contributed by atoms with Gasteiger partial charge < -0.3 is 15.0 Å². The Morgan fingerprint density at radius 1 is 1.29 bits per heavy atom. The highest BCUT2D eigenvalue weighted by Crippen LogP contribution is 2.18. The molecule has 1 saturated heterocycles. The van der Waals surface area contributed by atoms with E-state index in [0.29, 0.717) is 12.0 Å². The van der Waals surface area contributed by atoms with Crippen LogP contribution in [-0.4, -0.2) is 50.8 Å². The summed E-state index contributed by atoms with van der Waals surface area (Å²) >= 11 is 0. The van der Waals surface area contributed by atoms with Crippen LogP contribution in [0.1, 0.15) is 33.6 Å². The van der Waals surface area contributed by atoms with Crippen molar-refractivity contribution in [1.29, 1.82) is 0 Å². The third-order valence-corrected chi connectivity index (χ3v) is 3.83. The van der Waals surface area contributed by atoms with Gasteiger partial charge in [-0.1, -0.05) is 20.8 Å². The van der Waals surface area contributed by atoms with Crippen LogP contribution in [0.3, 0.4) is 0 Å². The van der Waals surface area contributed by atoms with Crippen molar-refractivity contribution in [2.45, 2.75) is 39.7 Å². The Morgan fingerprint density at radius 3 is 2.47 bits per heavy atom. The second kappa shape index (κ2) is 8.06. The predicted molar refractivity (Wildman–Crippen MR) is 73.3 cm³/mol. The summed E-state index contributed by atoms with van der Waals surface area (Å²) in [5.74, 6) is 1.54. The standard InChI is InChI=1S/C14H30N2O/c1-5-15-10-14(12(2)3)16(4)11-13-6-8-17-9-7-13/h12-15H,5-11H2,1-4H3. The fraction of sp³-hybridized carbons (Fsp3) is 1.00. The van der Waals surface area contributed by atoms with Crippen molar-refractivity contribution >= 4 is 0 Å². The third-order valence-electron chi connectivity index (χ3n) is 3.83. The first-order valence-electron chi connectivity index (χ1n) is 7.13. The Balaban J connectivity index is 2.37. The Labute approximate surface area is 107 Å². The Hall–Kier alpha value is -0.120. The van der Waals surface area contributed by atoms with Gasteiger partial charge in [-0.25, -0.2) is 0 Å². The first-order valence-corrected chi connectivity index (χ1v) is 7.13. The summed E-state index contributed by atoms with van der Waals surface area (Å²) in [7, 11) is 2.28. The van der Waals surface area contributed by atoms with Crippen molar-refractivity contribution < 1.29 is 4.74 Å². The summed E-state index contributed by atoms with van der Waals surface area (Å²) in [6.07, 6.45) is 2.47. The molecule has 1 unspecified atom stereocenters. The smallest absolute Gasteiger partial charge is 0.0469 e. The van der Waals surface area contributed by atoms with E-state index in [9.17, 15) is 0 Å². The molecule has 17 heavy (non-hydrogen) atoms. The molecule has 0 amide bonds. The summed E-state index contributed by atoms with van der Waals surface area (Å²) in [5.41, 5.74) is 0. The van der Waals surface area contributed by atoms with Gasteiger partial charge in [-0.2, -0.15) is 0 Å². The number of rotatable bonds is 7. The van der Waals surface area contributed by atoms with Crippen LogP contribution in [0.15, 0.2) is 0 Å². The van der Waals surface area contributed by atoms with Gasteiger partial charge in [0.2, 0.25) is 0 Å². The molecule has 1 N–H and O–H groups in total. The maximum absolute atomic E-state index is 5.42. The largest absolute Gasteiger partial charge is 0.381 e. The highest BCUT2D eigenvalue weighted by molar-refractivity contribution is 4.77. The molecule has 3 nitrogen and oxygen atoms in total. The maximum Gasteiger partial charge on any atom is 0.0469 e. The first kappa shape index (κ1) is 14.9. The van der Waals surface area contributed by atoms with Gasteiger partial charge in [-0.3, -0.25) is 0 Å². The number of nitrogens with zero attached hydrogens (tertiary/aromatic N) is 1. The Kier molecular flexibility index (Phi) is 7.09. The molecule has 1 fully saturated rings. The minimum absolute atomic E-state index is 0.651. The van der Waals surface area contributed by atoms with Crippen molar-refractivity contribution in [2.24, 2.45) is 11.8 Å². The van der Waals surface area contributed by atoms with Crippen LogP contribution in [-0.2, 0) is 4.74 Å². The van der Waals surface area contributed by atoms with Crippen molar-refractivity contribution in [3.8, 4) is 0 Å². The van der Waals surface area contributed by atoms with Crippen molar-refractivity contribution in [2.75, 3.05) is 39.9 Å². The van der Waals surface area contributed by atoms with E-state index in [0.717, 1.165) is 32.2 Å². The molecule has 1 aliphatic rings. The lowest BCUT2D eigenvalue weighted by molar-refractivity contribution is 0.0466. The minimum atomic E-state index is 0.651. The average molecular weight is 242 g/mol. The van der Waals surface area contributed by atoms with Crippen molar-refractivity contribution in [3.63, 3.8) is 0 Å². The molecule has 0 aromatic carbocycles. The van der Waals surface area contributed by atoms with E-state index in [1.54, 1.807) is 0 Å². The van der Waals surface area contributed by atoms with E-state index in [-0.39, 0.29) is 0 Å². The van der Waals surface area contributed by atoms with Crippen LogP contribution in [0.5, 0.6) is 0 Å². The zero-order chi connectivity index (χ0) is 12.7. The van der Waals surface area contributed by atoms with Crippen LogP contribution < -0.4 is 5.32 Å². The van der Waals surface area contributed by atoms with Gasteiger partial charge in [-0.05, 0) is 38.3 Å². The molecule has 0 aromatic heterocycles. The SMILES string of the molecule is CCNCC(C(C)C)N(C)CC1CCOCC1. The molecule has 1 atom stereocenters. The Morgan fingerprint density at radius 2 is 1.94 bits per heavy atom. The van der Waals surface area contributed by atoms with E-state index in [2.05, 4.69) is 38.0 Å². The minimum Gasteiger partial charge on any atom is -0.381 e. The van der Waals surface area contributed by atoms with Gasteiger partial charge in [0.05, 0.1) is 0 Å². The van der Waals surface area contributed by atoms with E-state index in [1.165, 1.54) is 19.4 Å². The fourth-order valence-electron chi connectivity index (χ4n) is 2.66. The van der Waals surface area contributed by atoms with E-state index < -0.39 is 0 Å². The monoisotopic (exact) mass is 242 g/mol. The van der Waals surface area contributed by atoms with Gasteiger partial charge >= 0.3 is 0 Å². The Bertz CT molecular complexity index is 191. The molecule has 0 radical (unpaired) electrons. The summed E-state index contributed by atoms with van der Waals surface area (Å²) in [6.45, 7) is 12.1. The number of nitrogens with one attached hydrogen (secondary N) is 1. The molecule has 1 aliphatic heterocycles. The van der Waals surface area contributed by atoms with Crippen LogP contribution in [0.4, 0.5) is 0 Å². The topological polar surface area (TPSA) is 24.5 Å².